The standard InChI is InChI=1S/C15H24N2S/c1-3-13(16)9-12-8-11(2)15(17-10-12)18-14-6-4-5-7-14/h8,10,13-14H,3-7,9,16H2,1-2H3. The van der Waals surface area contributed by atoms with Crippen LogP contribution in [0, 0.1) is 6.92 Å². The third-order valence-electron chi connectivity index (χ3n) is 3.69. The Hall–Kier alpha value is -0.540. The summed E-state index contributed by atoms with van der Waals surface area (Å²) in [5.41, 5.74) is 8.58. The molecule has 0 amide bonds. The molecule has 0 bridgehead atoms. The Morgan fingerprint density at radius 3 is 2.78 bits per heavy atom. The van der Waals surface area contributed by atoms with E-state index < -0.39 is 0 Å². The first-order valence-electron chi connectivity index (χ1n) is 7.06. The largest absolute Gasteiger partial charge is 0.327 e. The van der Waals surface area contributed by atoms with Crippen molar-refractivity contribution in [2.75, 3.05) is 0 Å². The molecule has 1 fully saturated rings. The van der Waals surface area contributed by atoms with Crippen molar-refractivity contribution in [3.05, 3.63) is 23.4 Å². The fourth-order valence-electron chi connectivity index (χ4n) is 2.47. The van der Waals surface area contributed by atoms with Crippen LogP contribution in [0.15, 0.2) is 17.3 Å². The molecule has 1 unspecified atom stereocenters. The first-order valence-corrected chi connectivity index (χ1v) is 7.94. The van der Waals surface area contributed by atoms with Crippen LogP contribution >= 0.6 is 11.8 Å². The molecule has 2 nitrogen and oxygen atoms in total. The molecule has 1 aliphatic rings. The first kappa shape index (κ1) is 13.9. The van der Waals surface area contributed by atoms with Gasteiger partial charge in [-0.25, -0.2) is 4.98 Å². The van der Waals surface area contributed by atoms with Gasteiger partial charge in [0.1, 0.15) is 0 Å². The Labute approximate surface area is 115 Å². The predicted octanol–water partition coefficient (Wildman–Crippen LogP) is 3.70. The number of pyridine rings is 1. The van der Waals surface area contributed by atoms with Crippen LogP contribution in [0.5, 0.6) is 0 Å². The van der Waals surface area contributed by atoms with Gasteiger partial charge >= 0.3 is 0 Å². The Morgan fingerprint density at radius 1 is 1.44 bits per heavy atom. The quantitative estimate of drug-likeness (QED) is 0.881. The molecular formula is C15H24N2S. The van der Waals surface area contributed by atoms with Crippen molar-refractivity contribution in [1.29, 1.82) is 0 Å². The number of aromatic nitrogens is 1. The number of thioether (sulfide) groups is 1. The highest BCUT2D eigenvalue weighted by molar-refractivity contribution is 7.99. The molecule has 2 N–H and O–H groups in total. The first-order chi connectivity index (χ1) is 8.69. The molecule has 18 heavy (non-hydrogen) atoms. The topological polar surface area (TPSA) is 38.9 Å². The van der Waals surface area contributed by atoms with E-state index in [2.05, 4.69) is 24.9 Å². The molecule has 1 aromatic heterocycles. The van der Waals surface area contributed by atoms with Crippen LogP contribution in [-0.4, -0.2) is 16.3 Å². The van der Waals surface area contributed by atoms with Crippen molar-refractivity contribution >= 4 is 11.8 Å². The predicted molar refractivity (Wildman–Crippen MR) is 79.1 cm³/mol. The molecule has 0 aliphatic heterocycles. The average Bonchev–Trinajstić information content (AvgIpc) is 2.85. The smallest absolute Gasteiger partial charge is 0.0991 e. The van der Waals surface area contributed by atoms with E-state index in [1.54, 1.807) is 0 Å². The molecule has 0 aromatic carbocycles. The lowest BCUT2D eigenvalue weighted by molar-refractivity contribution is 0.644. The van der Waals surface area contributed by atoms with E-state index >= 15 is 0 Å². The van der Waals surface area contributed by atoms with Gasteiger partial charge in [0.15, 0.2) is 0 Å². The molecule has 2 rings (SSSR count). The lowest BCUT2D eigenvalue weighted by atomic mass is 10.1. The molecule has 3 heteroatoms. The fourth-order valence-corrected chi connectivity index (χ4v) is 3.71. The third-order valence-corrected chi connectivity index (χ3v) is 5.15. The molecule has 1 aromatic rings. The number of aryl methyl sites for hydroxylation is 1. The minimum absolute atomic E-state index is 0.263. The zero-order valence-electron chi connectivity index (χ0n) is 11.5. The van der Waals surface area contributed by atoms with Crippen LogP contribution in [0.1, 0.15) is 50.2 Å². The van der Waals surface area contributed by atoms with Crippen molar-refractivity contribution in [3.63, 3.8) is 0 Å². The minimum Gasteiger partial charge on any atom is -0.327 e. The summed E-state index contributed by atoms with van der Waals surface area (Å²) in [6.45, 7) is 4.31. The zero-order chi connectivity index (χ0) is 13.0. The minimum atomic E-state index is 0.263. The summed E-state index contributed by atoms with van der Waals surface area (Å²) in [4.78, 5) is 4.64. The molecule has 0 saturated heterocycles. The molecule has 0 spiro atoms. The van der Waals surface area contributed by atoms with Gasteiger partial charge in [0.25, 0.3) is 0 Å². The van der Waals surface area contributed by atoms with Gasteiger partial charge in [-0.05, 0) is 43.7 Å². The molecular weight excluding hydrogens is 240 g/mol. The van der Waals surface area contributed by atoms with E-state index in [0.717, 1.165) is 18.1 Å². The van der Waals surface area contributed by atoms with Gasteiger partial charge in [-0.3, -0.25) is 0 Å². The van der Waals surface area contributed by atoms with Crippen molar-refractivity contribution in [2.45, 2.75) is 68.7 Å². The lowest BCUT2D eigenvalue weighted by Crippen LogP contribution is -2.21. The molecule has 1 heterocycles. The highest BCUT2D eigenvalue weighted by Crippen LogP contribution is 2.35. The van der Waals surface area contributed by atoms with Crippen LogP contribution < -0.4 is 5.73 Å². The van der Waals surface area contributed by atoms with Crippen molar-refractivity contribution < 1.29 is 0 Å². The van der Waals surface area contributed by atoms with Gasteiger partial charge in [0.2, 0.25) is 0 Å². The van der Waals surface area contributed by atoms with Crippen molar-refractivity contribution in [2.24, 2.45) is 5.73 Å². The van der Waals surface area contributed by atoms with Gasteiger partial charge in [0, 0.05) is 17.5 Å². The third kappa shape index (κ3) is 3.72. The molecule has 1 aliphatic carbocycles. The molecule has 100 valence electrons. The SMILES string of the molecule is CCC(N)Cc1cnc(SC2CCCC2)c(C)c1. The summed E-state index contributed by atoms with van der Waals surface area (Å²) >= 11 is 1.97. The number of nitrogens with zero attached hydrogens (tertiary/aromatic N) is 1. The highest BCUT2D eigenvalue weighted by atomic mass is 32.2. The normalized spacial score (nSPS) is 18.2. The van der Waals surface area contributed by atoms with Crippen LogP contribution in [0.4, 0.5) is 0 Å². The summed E-state index contributed by atoms with van der Waals surface area (Å²) in [6, 6.07) is 2.53. The second kappa shape index (κ2) is 6.58. The van der Waals surface area contributed by atoms with Crippen LogP contribution in [0.25, 0.3) is 0 Å². The summed E-state index contributed by atoms with van der Waals surface area (Å²) in [7, 11) is 0. The van der Waals surface area contributed by atoms with Crippen LogP contribution in [0.3, 0.4) is 0 Å². The monoisotopic (exact) mass is 264 g/mol. The van der Waals surface area contributed by atoms with E-state index in [-0.39, 0.29) is 6.04 Å². The molecule has 0 radical (unpaired) electrons. The lowest BCUT2D eigenvalue weighted by Gasteiger charge is -2.13. The van der Waals surface area contributed by atoms with Crippen molar-refractivity contribution in [3.8, 4) is 0 Å². The van der Waals surface area contributed by atoms with E-state index in [0.29, 0.717) is 0 Å². The van der Waals surface area contributed by atoms with E-state index in [9.17, 15) is 0 Å². The molecule has 1 atom stereocenters. The zero-order valence-corrected chi connectivity index (χ0v) is 12.3. The maximum Gasteiger partial charge on any atom is 0.0991 e. The fraction of sp³-hybridized carbons (Fsp3) is 0.667. The Bertz CT molecular complexity index is 386. The Morgan fingerprint density at radius 2 is 2.17 bits per heavy atom. The van der Waals surface area contributed by atoms with Crippen LogP contribution in [-0.2, 0) is 6.42 Å². The number of rotatable bonds is 5. The van der Waals surface area contributed by atoms with Crippen LogP contribution in [0.2, 0.25) is 0 Å². The second-order valence-corrected chi connectivity index (χ2v) is 6.65. The summed E-state index contributed by atoms with van der Waals surface area (Å²) in [6.07, 6.45) is 9.47. The summed E-state index contributed by atoms with van der Waals surface area (Å²) in [5.74, 6) is 0. The van der Waals surface area contributed by atoms with E-state index in [4.69, 9.17) is 5.73 Å². The number of nitrogens with two attached hydrogens (primary N) is 1. The highest BCUT2D eigenvalue weighted by Gasteiger charge is 2.17. The van der Waals surface area contributed by atoms with E-state index in [1.165, 1.54) is 41.8 Å². The maximum absolute atomic E-state index is 5.99. The van der Waals surface area contributed by atoms with Gasteiger partial charge in [-0.2, -0.15) is 0 Å². The van der Waals surface area contributed by atoms with Gasteiger partial charge in [-0.1, -0.05) is 25.8 Å². The van der Waals surface area contributed by atoms with E-state index in [1.807, 2.05) is 18.0 Å². The molecule has 1 saturated carbocycles. The van der Waals surface area contributed by atoms with Gasteiger partial charge < -0.3 is 5.73 Å². The number of hydrogen-bond donors (Lipinski definition) is 1. The average molecular weight is 264 g/mol. The second-order valence-electron chi connectivity index (χ2n) is 5.36. The Kier molecular flexibility index (Phi) is 5.07. The Balaban J connectivity index is 2.00. The van der Waals surface area contributed by atoms with Gasteiger partial charge in [0.05, 0.1) is 5.03 Å². The van der Waals surface area contributed by atoms with Gasteiger partial charge in [-0.15, -0.1) is 11.8 Å². The van der Waals surface area contributed by atoms with Crippen molar-refractivity contribution in [1.82, 2.24) is 4.98 Å². The number of hydrogen-bond acceptors (Lipinski definition) is 3. The maximum atomic E-state index is 5.99. The summed E-state index contributed by atoms with van der Waals surface area (Å²) in [5, 5.41) is 2.01. The summed E-state index contributed by atoms with van der Waals surface area (Å²) < 4.78 is 0.